The fraction of sp³-hybridized carbons (Fsp3) is 0.292. The summed E-state index contributed by atoms with van der Waals surface area (Å²) >= 11 is 0. The molecule has 2 N–H and O–H groups in total. The average molecular weight is 436 g/mol. The van der Waals surface area contributed by atoms with Gasteiger partial charge in [0.1, 0.15) is 11.6 Å². The molecule has 0 atom stereocenters. The van der Waals surface area contributed by atoms with Gasteiger partial charge in [-0.3, -0.25) is 14.7 Å². The highest BCUT2D eigenvalue weighted by Gasteiger charge is 2.21. The minimum Gasteiger partial charge on any atom is -0.495 e. The molecule has 0 bridgehead atoms. The fourth-order valence-corrected chi connectivity index (χ4v) is 3.87. The monoisotopic (exact) mass is 436 g/mol. The maximum absolute atomic E-state index is 13.1. The molecular formula is C24H25FN4O3. The number of fused-ring (bicyclic) bond motifs is 1. The van der Waals surface area contributed by atoms with Gasteiger partial charge in [0.2, 0.25) is 5.91 Å². The number of aromatic amines is 1. The summed E-state index contributed by atoms with van der Waals surface area (Å²) in [7, 11) is 1.49. The number of aromatic nitrogens is 2. The van der Waals surface area contributed by atoms with Crippen molar-refractivity contribution in [2.75, 3.05) is 26.7 Å². The lowest BCUT2D eigenvalue weighted by atomic mass is 10.1. The van der Waals surface area contributed by atoms with Gasteiger partial charge in [0, 0.05) is 13.1 Å². The van der Waals surface area contributed by atoms with Gasteiger partial charge >= 0.3 is 0 Å². The molecule has 0 aliphatic carbocycles. The first-order chi connectivity index (χ1) is 15.6. The standard InChI is InChI=1S/C24H25FN4O3/c1-32-23-18(24(31)26-15-21(30)29-13-3-2-4-14-29)10-12-20-22(23)19(27-28-20)11-7-16-5-8-17(25)9-6-16/h5-12H,2-4,13-15H2,1H3,(H,26,31)(H,27,28)/b11-7+. The van der Waals surface area contributed by atoms with Crippen LogP contribution in [0.5, 0.6) is 5.75 Å². The Labute approximate surface area is 185 Å². The zero-order chi connectivity index (χ0) is 22.5. The molecule has 32 heavy (non-hydrogen) atoms. The molecule has 2 amide bonds. The number of H-pyrrole nitrogens is 1. The largest absolute Gasteiger partial charge is 0.495 e. The Morgan fingerprint density at radius 1 is 1.12 bits per heavy atom. The molecule has 2 aromatic carbocycles. The summed E-state index contributed by atoms with van der Waals surface area (Å²) < 4.78 is 18.7. The van der Waals surface area contributed by atoms with Crippen molar-refractivity contribution in [2.45, 2.75) is 19.3 Å². The predicted octanol–water partition coefficient (Wildman–Crippen LogP) is 3.62. The average Bonchev–Trinajstić information content (AvgIpc) is 3.25. The van der Waals surface area contributed by atoms with E-state index in [0.29, 0.717) is 27.9 Å². The third-order valence-electron chi connectivity index (χ3n) is 5.57. The number of nitrogens with zero attached hydrogens (tertiary/aromatic N) is 2. The molecule has 1 aliphatic rings. The molecule has 0 saturated carbocycles. The van der Waals surface area contributed by atoms with Crippen LogP contribution in [0.3, 0.4) is 0 Å². The summed E-state index contributed by atoms with van der Waals surface area (Å²) in [6.45, 7) is 1.42. The van der Waals surface area contributed by atoms with Crippen LogP contribution in [0.15, 0.2) is 36.4 Å². The minimum absolute atomic E-state index is 0.0528. The van der Waals surface area contributed by atoms with E-state index in [4.69, 9.17) is 4.74 Å². The third kappa shape index (κ3) is 4.64. The predicted molar refractivity (Wildman–Crippen MR) is 121 cm³/mol. The van der Waals surface area contributed by atoms with E-state index in [1.54, 1.807) is 35.2 Å². The van der Waals surface area contributed by atoms with Crippen LogP contribution in [0.4, 0.5) is 4.39 Å². The van der Waals surface area contributed by atoms with Crippen molar-refractivity contribution < 1.29 is 18.7 Å². The number of methoxy groups -OCH3 is 1. The van der Waals surface area contributed by atoms with E-state index < -0.39 is 0 Å². The minimum atomic E-state index is -0.385. The highest BCUT2D eigenvalue weighted by Crippen LogP contribution is 2.32. The molecule has 3 aromatic rings. The number of likely N-dealkylation sites (tertiary alicyclic amines) is 1. The van der Waals surface area contributed by atoms with Crippen LogP contribution in [0.25, 0.3) is 23.1 Å². The highest BCUT2D eigenvalue weighted by molar-refractivity contribution is 6.06. The Bertz CT molecular complexity index is 1150. The van der Waals surface area contributed by atoms with Crippen molar-refractivity contribution >= 4 is 34.9 Å². The van der Waals surface area contributed by atoms with Crippen LogP contribution in [0.2, 0.25) is 0 Å². The number of ether oxygens (including phenoxy) is 1. The van der Waals surface area contributed by atoms with E-state index in [1.165, 1.54) is 19.2 Å². The summed E-state index contributed by atoms with van der Waals surface area (Å²) in [6, 6.07) is 9.47. The molecule has 1 aromatic heterocycles. The third-order valence-corrected chi connectivity index (χ3v) is 5.57. The Hall–Kier alpha value is -3.68. The normalized spacial score (nSPS) is 14.1. The zero-order valence-corrected chi connectivity index (χ0v) is 17.9. The van der Waals surface area contributed by atoms with Crippen molar-refractivity contribution in [3.05, 3.63) is 59.0 Å². The van der Waals surface area contributed by atoms with Crippen molar-refractivity contribution in [3.63, 3.8) is 0 Å². The van der Waals surface area contributed by atoms with Gasteiger partial charge in [-0.15, -0.1) is 0 Å². The quantitative estimate of drug-likeness (QED) is 0.618. The van der Waals surface area contributed by atoms with E-state index in [2.05, 4.69) is 15.5 Å². The number of carbonyl (C=O) groups excluding carboxylic acids is 2. The second kappa shape index (κ2) is 9.64. The Balaban J connectivity index is 1.55. The topological polar surface area (TPSA) is 87.3 Å². The first-order valence-corrected chi connectivity index (χ1v) is 10.6. The maximum Gasteiger partial charge on any atom is 0.255 e. The van der Waals surface area contributed by atoms with Crippen molar-refractivity contribution in [1.29, 1.82) is 0 Å². The molecule has 8 heteroatoms. The molecule has 1 saturated heterocycles. The van der Waals surface area contributed by atoms with Gasteiger partial charge in [0.15, 0.2) is 0 Å². The molecule has 2 heterocycles. The molecule has 0 radical (unpaired) electrons. The van der Waals surface area contributed by atoms with Crippen LogP contribution in [0, 0.1) is 5.82 Å². The fourth-order valence-electron chi connectivity index (χ4n) is 3.87. The number of hydrogen-bond donors (Lipinski definition) is 2. The summed E-state index contributed by atoms with van der Waals surface area (Å²) in [5.41, 5.74) is 2.43. The second-order valence-electron chi connectivity index (χ2n) is 7.69. The van der Waals surface area contributed by atoms with Crippen LogP contribution in [-0.2, 0) is 4.79 Å². The van der Waals surface area contributed by atoms with E-state index >= 15 is 0 Å². The van der Waals surface area contributed by atoms with Crippen molar-refractivity contribution in [3.8, 4) is 5.75 Å². The zero-order valence-electron chi connectivity index (χ0n) is 17.9. The van der Waals surface area contributed by atoms with Gasteiger partial charge in [-0.2, -0.15) is 5.10 Å². The summed E-state index contributed by atoms with van der Waals surface area (Å²) in [4.78, 5) is 27.0. The van der Waals surface area contributed by atoms with Crippen molar-refractivity contribution in [1.82, 2.24) is 20.4 Å². The highest BCUT2D eigenvalue weighted by atomic mass is 19.1. The molecule has 0 unspecified atom stereocenters. The van der Waals surface area contributed by atoms with Gasteiger partial charge in [0.25, 0.3) is 5.91 Å². The lowest BCUT2D eigenvalue weighted by Crippen LogP contribution is -2.42. The van der Waals surface area contributed by atoms with E-state index in [-0.39, 0.29) is 24.2 Å². The molecule has 0 spiro atoms. The second-order valence-corrected chi connectivity index (χ2v) is 7.69. The molecule has 1 fully saturated rings. The van der Waals surface area contributed by atoms with Crippen LogP contribution in [-0.4, -0.2) is 53.7 Å². The lowest BCUT2D eigenvalue weighted by Gasteiger charge is -2.26. The van der Waals surface area contributed by atoms with Gasteiger partial charge in [-0.1, -0.05) is 18.2 Å². The maximum atomic E-state index is 13.1. The smallest absolute Gasteiger partial charge is 0.255 e. The number of piperidine rings is 1. The number of rotatable bonds is 6. The Morgan fingerprint density at radius 3 is 2.59 bits per heavy atom. The Kier molecular flexibility index (Phi) is 6.49. The van der Waals surface area contributed by atoms with Crippen molar-refractivity contribution in [2.24, 2.45) is 0 Å². The summed E-state index contributed by atoms with van der Waals surface area (Å²) in [5, 5.41) is 10.6. The summed E-state index contributed by atoms with van der Waals surface area (Å²) in [5.74, 6) is -0.392. The Morgan fingerprint density at radius 2 is 1.88 bits per heavy atom. The van der Waals surface area contributed by atoms with E-state index in [0.717, 1.165) is 37.9 Å². The van der Waals surface area contributed by atoms with Gasteiger partial charge in [-0.25, -0.2) is 4.39 Å². The molecule has 166 valence electrons. The first kappa shape index (κ1) is 21.5. The lowest BCUT2D eigenvalue weighted by molar-refractivity contribution is -0.130. The number of halogens is 1. The number of hydrogen-bond acceptors (Lipinski definition) is 4. The number of nitrogens with one attached hydrogen (secondary N) is 2. The number of amides is 2. The molecule has 7 nitrogen and oxygen atoms in total. The first-order valence-electron chi connectivity index (χ1n) is 10.6. The summed E-state index contributed by atoms with van der Waals surface area (Å²) in [6.07, 6.45) is 6.75. The van der Waals surface area contributed by atoms with Gasteiger partial charge in [-0.05, 0) is 55.2 Å². The van der Waals surface area contributed by atoms with Crippen LogP contribution in [0.1, 0.15) is 40.9 Å². The molecular weight excluding hydrogens is 411 g/mol. The number of benzene rings is 2. The molecule has 1 aliphatic heterocycles. The van der Waals surface area contributed by atoms with Gasteiger partial charge in [0.05, 0.1) is 35.8 Å². The van der Waals surface area contributed by atoms with Crippen LogP contribution >= 0.6 is 0 Å². The SMILES string of the molecule is COc1c(C(=O)NCC(=O)N2CCCCC2)ccc2n[nH]c(/C=C/c3ccc(F)cc3)c12. The van der Waals surface area contributed by atoms with E-state index in [9.17, 15) is 14.0 Å². The van der Waals surface area contributed by atoms with Gasteiger partial charge < -0.3 is 15.0 Å². The number of carbonyl (C=O) groups is 2. The molecule has 4 rings (SSSR count). The van der Waals surface area contributed by atoms with Crippen LogP contribution < -0.4 is 10.1 Å². The van der Waals surface area contributed by atoms with E-state index in [1.807, 2.05) is 6.08 Å².